The summed E-state index contributed by atoms with van der Waals surface area (Å²) < 4.78 is 29.6. The third-order valence-corrected chi connectivity index (χ3v) is 3.20. The molecule has 0 aliphatic carbocycles. The summed E-state index contributed by atoms with van der Waals surface area (Å²) in [5, 5.41) is 0. The number of hydrogen-bond acceptors (Lipinski definition) is 3. The molecule has 0 saturated carbocycles. The molecule has 1 aromatic heterocycles. The molecule has 3 N–H and O–H groups in total. The number of nitrogens with zero attached hydrogens (tertiary/aromatic N) is 2. The van der Waals surface area contributed by atoms with Crippen LogP contribution in [0.3, 0.4) is 0 Å². The minimum atomic E-state index is -0.658. The van der Waals surface area contributed by atoms with Gasteiger partial charge in [0.25, 0.3) is 0 Å². The lowest BCUT2D eigenvalue weighted by Crippen LogP contribution is -2.31. The third kappa shape index (κ3) is 3.02. The smallest absolute Gasteiger partial charge is 0.130 e. The molecule has 0 amide bonds. The molecular formula is C14H18F2N4. The maximum Gasteiger partial charge on any atom is 0.130 e. The Labute approximate surface area is 116 Å². The van der Waals surface area contributed by atoms with Crippen molar-refractivity contribution in [2.45, 2.75) is 32.4 Å². The van der Waals surface area contributed by atoms with Gasteiger partial charge in [-0.2, -0.15) is 0 Å². The second-order valence-corrected chi connectivity index (χ2v) is 4.60. The first-order valence-electron chi connectivity index (χ1n) is 6.57. The van der Waals surface area contributed by atoms with Crippen LogP contribution in [0.5, 0.6) is 0 Å². The van der Waals surface area contributed by atoms with Crippen LogP contribution in [0.25, 0.3) is 0 Å². The first-order chi connectivity index (χ1) is 9.67. The number of hydrazine groups is 1. The standard InChI is InChI=1S/C14H18F2N4/c1-2-7-20-8-6-18-13(20)9-12(19-17)14-10(15)4-3-5-11(14)16/h3-6,8,12,19H,2,7,9,17H2,1H3. The zero-order valence-electron chi connectivity index (χ0n) is 11.3. The second kappa shape index (κ2) is 6.58. The largest absolute Gasteiger partial charge is 0.335 e. The fourth-order valence-corrected chi connectivity index (χ4v) is 2.24. The van der Waals surface area contributed by atoms with E-state index in [1.54, 1.807) is 6.20 Å². The molecule has 1 heterocycles. The molecule has 108 valence electrons. The Morgan fingerprint density at radius 3 is 2.65 bits per heavy atom. The Morgan fingerprint density at radius 1 is 1.35 bits per heavy atom. The van der Waals surface area contributed by atoms with E-state index >= 15 is 0 Å². The molecule has 0 spiro atoms. The molecule has 0 bridgehead atoms. The Balaban J connectivity index is 2.27. The van der Waals surface area contributed by atoms with Gasteiger partial charge in [0, 0.05) is 30.9 Å². The molecule has 1 aromatic carbocycles. The molecule has 6 heteroatoms. The molecular weight excluding hydrogens is 262 g/mol. The summed E-state index contributed by atoms with van der Waals surface area (Å²) in [7, 11) is 0. The number of benzene rings is 1. The Morgan fingerprint density at radius 2 is 2.05 bits per heavy atom. The number of nitrogens with two attached hydrogens (primary N) is 1. The Hall–Kier alpha value is -1.79. The van der Waals surface area contributed by atoms with E-state index in [9.17, 15) is 8.78 Å². The third-order valence-electron chi connectivity index (χ3n) is 3.20. The molecule has 4 nitrogen and oxygen atoms in total. The number of aromatic nitrogens is 2. The van der Waals surface area contributed by atoms with E-state index in [1.807, 2.05) is 10.8 Å². The molecule has 2 aromatic rings. The molecule has 2 rings (SSSR count). The van der Waals surface area contributed by atoms with Crippen LogP contribution in [-0.4, -0.2) is 9.55 Å². The number of hydrogen-bond donors (Lipinski definition) is 2. The van der Waals surface area contributed by atoms with Crippen molar-refractivity contribution in [3.05, 3.63) is 53.6 Å². The Kier molecular flexibility index (Phi) is 4.81. The highest BCUT2D eigenvalue weighted by Gasteiger charge is 2.21. The summed E-state index contributed by atoms with van der Waals surface area (Å²) in [5.41, 5.74) is 2.42. The van der Waals surface area contributed by atoms with Crippen molar-refractivity contribution in [2.24, 2.45) is 5.84 Å². The van der Waals surface area contributed by atoms with Crippen molar-refractivity contribution in [1.29, 1.82) is 0 Å². The summed E-state index contributed by atoms with van der Waals surface area (Å²) in [4.78, 5) is 4.23. The molecule has 0 saturated heterocycles. The van der Waals surface area contributed by atoms with Gasteiger partial charge in [-0.25, -0.2) is 13.8 Å². The van der Waals surface area contributed by atoms with Crippen molar-refractivity contribution in [3.8, 4) is 0 Å². The highest BCUT2D eigenvalue weighted by atomic mass is 19.1. The maximum atomic E-state index is 13.8. The average Bonchev–Trinajstić information content (AvgIpc) is 2.85. The highest BCUT2D eigenvalue weighted by Crippen LogP contribution is 2.23. The van der Waals surface area contributed by atoms with Gasteiger partial charge in [0.15, 0.2) is 0 Å². The van der Waals surface area contributed by atoms with Gasteiger partial charge in [-0.3, -0.25) is 11.3 Å². The van der Waals surface area contributed by atoms with Gasteiger partial charge in [-0.05, 0) is 18.6 Å². The molecule has 1 atom stereocenters. The number of imidazole rings is 1. The fraction of sp³-hybridized carbons (Fsp3) is 0.357. The predicted molar refractivity (Wildman–Crippen MR) is 72.6 cm³/mol. The lowest BCUT2D eigenvalue weighted by molar-refractivity contribution is 0.459. The molecule has 0 aliphatic heterocycles. The van der Waals surface area contributed by atoms with Crippen LogP contribution in [0.15, 0.2) is 30.6 Å². The molecule has 0 aliphatic rings. The summed E-state index contributed by atoms with van der Waals surface area (Å²) in [5.74, 6) is 4.99. The predicted octanol–water partition coefficient (Wildman–Crippen LogP) is 2.32. The minimum absolute atomic E-state index is 0.0546. The zero-order valence-corrected chi connectivity index (χ0v) is 11.3. The van der Waals surface area contributed by atoms with Crippen LogP contribution < -0.4 is 11.3 Å². The lowest BCUT2D eigenvalue weighted by atomic mass is 10.0. The summed E-state index contributed by atoms with van der Waals surface area (Å²) in [6.07, 6.45) is 4.81. The van der Waals surface area contributed by atoms with E-state index in [0.29, 0.717) is 6.42 Å². The van der Waals surface area contributed by atoms with E-state index in [0.717, 1.165) is 18.8 Å². The average molecular weight is 280 g/mol. The van der Waals surface area contributed by atoms with Gasteiger partial charge in [0.05, 0.1) is 6.04 Å². The van der Waals surface area contributed by atoms with E-state index in [4.69, 9.17) is 5.84 Å². The first kappa shape index (κ1) is 14.6. The van der Waals surface area contributed by atoms with Crippen molar-refractivity contribution >= 4 is 0 Å². The number of nitrogens with one attached hydrogen (secondary N) is 1. The summed E-state index contributed by atoms with van der Waals surface area (Å²) in [6, 6.07) is 3.12. The van der Waals surface area contributed by atoms with Crippen LogP contribution in [-0.2, 0) is 13.0 Å². The maximum absolute atomic E-state index is 13.8. The van der Waals surface area contributed by atoms with Crippen molar-refractivity contribution in [1.82, 2.24) is 15.0 Å². The molecule has 1 unspecified atom stereocenters. The van der Waals surface area contributed by atoms with Crippen LogP contribution in [0.4, 0.5) is 8.78 Å². The second-order valence-electron chi connectivity index (χ2n) is 4.60. The summed E-state index contributed by atoms with van der Waals surface area (Å²) in [6.45, 7) is 2.87. The quantitative estimate of drug-likeness (QED) is 0.630. The van der Waals surface area contributed by atoms with Crippen molar-refractivity contribution in [2.75, 3.05) is 0 Å². The van der Waals surface area contributed by atoms with Gasteiger partial charge in [0.2, 0.25) is 0 Å². The summed E-state index contributed by atoms with van der Waals surface area (Å²) >= 11 is 0. The fourth-order valence-electron chi connectivity index (χ4n) is 2.24. The normalized spacial score (nSPS) is 12.6. The molecule has 0 fully saturated rings. The van der Waals surface area contributed by atoms with E-state index in [1.165, 1.54) is 18.2 Å². The van der Waals surface area contributed by atoms with Crippen LogP contribution in [0, 0.1) is 11.6 Å². The van der Waals surface area contributed by atoms with Crippen LogP contribution >= 0.6 is 0 Å². The monoisotopic (exact) mass is 280 g/mol. The van der Waals surface area contributed by atoms with Crippen LogP contribution in [0.2, 0.25) is 0 Å². The van der Waals surface area contributed by atoms with E-state index < -0.39 is 17.7 Å². The molecule has 0 radical (unpaired) electrons. The lowest BCUT2D eigenvalue weighted by Gasteiger charge is -2.18. The number of rotatable bonds is 6. The van der Waals surface area contributed by atoms with Gasteiger partial charge in [0.1, 0.15) is 17.5 Å². The van der Waals surface area contributed by atoms with Gasteiger partial charge >= 0.3 is 0 Å². The van der Waals surface area contributed by atoms with Gasteiger partial charge in [-0.1, -0.05) is 13.0 Å². The van der Waals surface area contributed by atoms with Gasteiger partial charge in [-0.15, -0.1) is 0 Å². The number of halogens is 2. The minimum Gasteiger partial charge on any atom is -0.335 e. The van der Waals surface area contributed by atoms with Crippen molar-refractivity contribution in [3.63, 3.8) is 0 Å². The van der Waals surface area contributed by atoms with E-state index in [-0.39, 0.29) is 5.56 Å². The number of aryl methyl sites for hydroxylation is 1. The Bertz CT molecular complexity index is 548. The van der Waals surface area contributed by atoms with Crippen LogP contribution in [0.1, 0.15) is 30.8 Å². The SMILES string of the molecule is CCCn1ccnc1CC(NN)c1c(F)cccc1F. The van der Waals surface area contributed by atoms with Crippen molar-refractivity contribution < 1.29 is 8.78 Å². The topological polar surface area (TPSA) is 55.9 Å². The van der Waals surface area contributed by atoms with E-state index in [2.05, 4.69) is 17.3 Å². The van der Waals surface area contributed by atoms with Gasteiger partial charge < -0.3 is 4.57 Å². The molecule has 20 heavy (non-hydrogen) atoms. The highest BCUT2D eigenvalue weighted by molar-refractivity contribution is 5.24. The first-order valence-corrected chi connectivity index (χ1v) is 6.57. The zero-order chi connectivity index (χ0) is 14.5.